The molecule has 1 aromatic carbocycles. The monoisotopic (exact) mass is 412 g/mol. The van der Waals surface area contributed by atoms with Crippen LogP contribution < -0.4 is 0 Å². The number of carbonyl (C=O) groups excluding carboxylic acids is 4. The van der Waals surface area contributed by atoms with E-state index in [4.69, 9.17) is 0 Å². The Hall–Kier alpha value is -2.10. The SMILES string of the molecule is CCCC(CC1CC(=O)c2c(C)c(C)cc(C(C)=O)c2C1)C(CC)C(=O)CC(C)=O. The molecule has 30 heavy (non-hydrogen) atoms. The van der Waals surface area contributed by atoms with Crippen molar-refractivity contribution in [2.75, 3.05) is 0 Å². The first kappa shape index (κ1) is 24.2. The number of fused-ring (bicyclic) bond motifs is 1. The third-order valence-corrected chi connectivity index (χ3v) is 6.72. The average molecular weight is 413 g/mol. The lowest BCUT2D eigenvalue weighted by molar-refractivity contribution is -0.129. The first-order chi connectivity index (χ1) is 14.1. The van der Waals surface area contributed by atoms with Crippen molar-refractivity contribution in [2.24, 2.45) is 17.8 Å². The van der Waals surface area contributed by atoms with Gasteiger partial charge in [-0.15, -0.1) is 0 Å². The second-order valence-electron chi connectivity index (χ2n) is 9.12. The van der Waals surface area contributed by atoms with Crippen LogP contribution in [0, 0.1) is 31.6 Å². The van der Waals surface area contributed by atoms with E-state index in [1.54, 1.807) is 6.92 Å². The minimum atomic E-state index is -0.141. The third-order valence-electron chi connectivity index (χ3n) is 6.72. The Labute approximate surface area is 180 Å². The van der Waals surface area contributed by atoms with Crippen LogP contribution in [0.25, 0.3) is 0 Å². The smallest absolute Gasteiger partial charge is 0.163 e. The van der Waals surface area contributed by atoms with Crippen molar-refractivity contribution in [3.63, 3.8) is 0 Å². The Balaban J connectivity index is 2.34. The molecule has 0 aromatic heterocycles. The summed E-state index contributed by atoms with van der Waals surface area (Å²) >= 11 is 0. The highest BCUT2D eigenvalue weighted by molar-refractivity contribution is 6.05. The lowest BCUT2D eigenvalue weighted by Gasteiger charge is -2.32. The quantitative estimate of drug-likeness (QED) is 0.369. The topological polar surface area (TPSA) is 68.3 Å². The summed E-state index contributed by atoms with van der Waals surface area (Å²) < 4.78 is 0. The Morgan fingerprint density at radius 3 is 2.30 bits per heavy atom. The van der Waals surface area contributed by atoms with Gasteiger partial charge in [-0.25, -0.2) is 0 Å². The molecule has 0 saturated heterocycles. The fourth-order valence-corrected chi connectivity index (χ4v) is 5.25. The second-order valence-corrected chi connectivity index (χ2v) is 9.12. The van der Waals surface area contributed by atoms with E-state index in [0.29, 0.717) is 24.8 Å². The van der Waals surface area contributed by atoms with Crippen LogP contribution in [0.1, 0.15) is 104 Å². The molecule has 1 aromatic rings. The van der Waals surface area contributed by atoms with Crippen LogP contribution >= 0.6 is 0 Å². The number of Topliss-reactive ketones (excluding diaryl/α,β-unsaturated/α-hetero) is 4. The van der Waals surface area contributed by atoms with Crippen LogP contribution in [-0.2, 0) is 16.0 Å². The number of carbonyl (C=O) groups is 4. The summed E-state index contributed by atoms with van der Waals surface area (Å²) in [5, 5.41) is 0. The maximum absolute atomic E-state index is 13.1. The maximum Gasteiger partial charge on any atom is 0.163 e. The van der Waals surface area contributed by atoms with Crippen LogP contribution in [0.2, 0.25) is 0 Å². The van der Waals surface area contributed by atoms with Gasteiger partial charge in [0.25, 0.3) is 0 Å². The molecule has 3 unspecified atom stereocenters. The molecule has 164 valence electrons. The number of ketones is 4. The molecule has 4 heteroatoms. The Morgan fingerprint density at radius 2 is 1.77 bits per heavy atom. The summed E-state index contributed by atoms with van der Waals surface area (Å²) in [5.41, 5.74) is 4.26. The van der Waals surface area contributed by atoms with E-state index in [2.05, 4.69) is 6.92 Å². The lowest BCUT2D eigenvalue weighted by Crippen LogP contribution is -2.30. The molecule has 0 N–H and O–H groups in total. The van der Waals surface area contributed by atoms with Gasteiger partial charge in [0.15, 0.2) is 11.6 Å². The van der Waals surface area contributed by atoms with Gasteiger partial charge < -0.3 is 0 Å². The first-order valence-corrected chi connectivity index (χ1v) is 11.3. The van der Waals surface area contributed by atoms with E-state index in [1.807, 2.05) is 26.8 Å². The molecule has 4 nitrogen and oxygen atoms in total. The van der Waals surface area contributed by atoms with Crippen LogP contribution in [0.3, 0.4) is 0 Å². The van der Waals surface area contributed by atoms with Gasteiger partial charge in [0.1, 0.15) is 11.6 Å². The van der Waals surface area contributed by atoms with Crippen molar-refractivity contribution in [2.45, 2.75) is 86.5 Å². The zero-order chi connectivity index (χ0) is 22.6. The molecule has 0 saturated carbocycles. The number of rotatable bonds is 10. The van der Waals surface area contributed by atoms with Crippen LogP contribution in [0.15, 0.2) is 6.07 Å². The second kappa shape index (κ2) is 10.3. The Morgan fingerprint density at radius 1 is 1.10 bits per heavy atom. The molecule has 1 aliphatic carbocycles. The Bertz CT molecular complexity index is 849. The standard InChI is InChI=1S/C26H36O4/c1-7-9-20(21(8-2)24(29)11-16(4)27)12-19-13-23-22(18(6)28)10-15(3)17(5)26(23)25(30)14-19/h10,19-21H,7-9,11-14H2,1-6H3. The van der Waals surface area contributed by atoms with E-state index >= 15 is 0 Å². The van der Waals surface area contributed by atoms with Crippen molar-refractivity contribution >= 4 is 23.1 Å². The van der Waals surface area contributed by atoms with Gasteiger partial charge in [-0.1, -0.05) is 26.7 Å². The van der Waals surface area contributed by atoms with Gasteiger partial charge >= 0.3 is 0 Å². The van der Waals surface area contributed by atoms with E-state index in [-0.39, 0.29) is 47.3 Å². The molecule has 0 aliphatic heterocycles. The summed E-state index contributed by atoms with van der Waals surface area (Å²) in [6, 6.07) is 1.92. The predicted molar refractivity (Wildman–Crippen MR) is 119 cm³/mol. The normalized spacial score (nSPS) is 17.9. The van der Waals surface area contributed by atoms with Gasteiger partial charge in [-0.3, -0.25) is 19.2 Å². The first-order valence-electron chi connectivity index (χ1n) is 11.3. The highest BCUT2D eigenvalue weighted by Gasteiger charge is 2.34. The highest BCUT2D eigenvalue weighted by atomic mass is 16.1. The lowest BCUT2D eigenvalue weighted by atomic mass is 9.71. The molecule has 0 heterocycles. The molecule has 0 bridgehead atoms. The summed E-state index contributed by atoms with van der Waals surface area (Å²) in [6.07, 6.45) is 4.53. The molecule has 1 aliphatic rings. The fraction of sp³-hybridized carbons (Fsp3) is 0.615. The van der Waals surface area contributed by atoms with Crippen LogP contribution in [0.5, 0.6) is 0 Å². The number of hydrogen-bond donors (Lipinski definition) is 0. The summed E-state index contributed by atoms with van der Waals surface area (Å²) in [5.74, 6) is 0.199. The van der Waals surface area contributed by atoms with Crippen molar-refractivity contribution in [3.05, 3.63) is 33.9 Å². The summed E-state index contributed by atoms with van der Waals surface area (Å²) in [4.78, 5) is 49.5. The minimum Gasteiger partial charge on any atom is -0.300 e. The van der Waals surface area contributed by atoms with Crippen molar-refractivity contribution in [1.29, 1.82) is 0 Å². The van der Waals surface area contributed by atoms with E-state index < -0.39 is 0 Å². The molecular weight excluding hydrogens is 376 g/mol. The van der Waals surface area contributed by atoms with Crippen molar-refractivity contribution in [1.82, 2.24) is 0 Å². The Kier molecular flexibility index (Phi) is 8.28. The minimum absolute atomic E-state index is 0.00188. The van der Waals surface area contributed by atoms with Gasteiger partial charge in [0.05, 0.1) is 6.42 Å². The number of hydrogen-bond acceptors (Lipinski definition) is 4. The van der Waals surface area contributed by atoms with Gasteiger partial charge in [0, 0.05) is 23.5 Å². The van der Waals surface area contributed by atoms with Crippen molar-refractivity contribution in [3.8, 4) is 0 Å². The molecule has 3 atom stereocenters. The van der Waals surface area contributed by atoms with E-state index in [9.17, 15) is 19.2 Å². The van der Waals surface area contributed by atoms with Gasteiger partial charge in [-0.2, -0.15) is 0 Å². The average Bonchev–Trinajstić information content (AvgIpc) is 2.64. The molecule has 0 amide bonds. The number of aryl methyl sites for hydroxylation is 1. The van der Waals surface area contributed by atoms with Crippen LogP contribution in [-0.4, -0.2) is 23.1 Å². The van der Waals surface area contributed by atoms with E-state index in [1.165, 1.54) is 6.92 Å². The zero-order valence-electron chi connectivity index (χ0n) is 19.4. The molecule has 0 spiro atoms. The largest absolute Gasteiger partial charge is 0.300 e. The van der Waals surface area contributed by atoms with E-state index in [0.717, 1.165) is 41.5 Å². The molecular formula is C26H36O4. The van der Waals surface area contributed by atoms with Gasteiger partial charge in [0.2, 0.25) is 0 Å². The fourth-order valence-electron chi connectivity index (χ4n) is 5.25. The predicted octanol–water partition coefficient (Wildman–Crippen LogP) is 5.63. The maximum atomic E-state index is 13.1. The molecule has 0 radical (unpaired) electrons. The summed E-state index contributed by atoms with van der Waals surface area (Å²) in [6.45, 7) is 11.0. The van der Waals surface area contributed by atoms with Crippen LogP contribution in [0.4, 0.5) is 0 Å². The third kappa shape index (κ3) is 5.33. The van der Waals surface area contributed by atoms with Crippen molar-refractivity contribution < 1.29 is 19.2 Å². The number of benzene rings is 1. The zero-order valence-corrected chi connectivity index (χ0v) is 19.4. The highest BCUT2D eigenvalue weighted by Crippen LogP contribution is 2.38. The summed E-state index contributed by atoms with van der Waals surface area (Å²) in [7, 11) is 0. The van der Waals surface area contributed by atoms with Gasteiger partial charge in [-0.05, 0) is 81.5 Å². The molecule has 2 rings (SSSR count). The molecule has 0 fully saturated rings.